The molecule has 0 saturated heterocycles. The van der Waals surface area contributed by atoms with Gasteiger partial charge in [0.2, 0.25) is 5.91 Å². The topological polar surface area (TPSA) is 67.2 Å². The molecule has 128 valence electrons. The summed E-state index contributed by atoms with van der Waals surface area (Å²) >= 11 is 0. The summed E-state index contributed by atoms with van der Waals surface area (Å²) in [6.07, 6.45) is 3.64. The summed E-state index contributed by atoms with van der Waals surface area (Å²) in [7, 11) is 0. The van der Waals surface area contributed by atoms with E-state index in [0.717, 1.165) is 11.1 Å². The number of amides is 1. The van der Waals surface area contributed by atoms with Gasteiger partial charge in [0.25, 0.3) is 0 Å². The number of carbonyl (C=O) groups is 1. The predicted octanol–water partition coefficient (Wildman–Crippen LogP) is 3.17. The molecule has 1 atom stereocenters. The van der Waals surface area contributed by atoms with Crippen LogP contribution in [0.15, 0.2) is 73.1 Å². The molecule has 3 aromatic rings. The summed E-state index contributed by atoms with van der Waals surface area (Å²) in [4.78, 5) is 12.3. The lowest BCUT2D eigenvalue weighted by atomic mass is 9.92. The van der Waals surface area contributed by atoms with E-state index in [1.54, 1.807) is 13.1 Å². The van der Waals surface area contributed by atoms with Crippen LogP contribution in [0.3, 0.4) is 0 Å². The molecular weight excluding hydrogens is 314 g/mol. The highest BCUT2D eigenvalue weighted by atomic mass is 16.3. The standard InChI is InChI=1S/C20H21N3O2/c1-20(25,17-6-3-2-4-7-17)14-19(24)22-18-10-8-16(9-11-18)15-23-13-5-12-21-23/h2-13,25H,14-15H2,1H3,(H,22,24). The van der Waals surface area contributed by atoms with E-state index in [2.05, 4.69) is 10.4 Å². The average Bonchev–Trinajstić information content (AvgIpc) is 3.10. The van der Waals surface area contributed by atoms with Gasteiger partial charge in [-0.05, 0) is 36.2 Å². The number of hydrogen-bond donors (Lipinski definition) is 2. The first-order valence-corrected chi connectivity index (χ1v) is 8.17. The van der Waals surface area contributed by atoms with Crippen LogP contribution in [0.2, 0.25) is 0 Å². The summed E-state index contributed by atoms with van der Waals surface area (Å²) in [5.74, 6) is -0.228. The maximum Gasteiger partial charge on any atom is 0.227 e. The third-order valence-electron chi connectivity index (χ3n) is 4.04. The molecular formula is C20H21N3O2. The molecule has 1 unspecified atom stereocenters. The second-order valence-electron chi connectivity index (χ2n) is 6.27. The minimum atomic E-state index is -1.20. The van der Waals surface area contributed by atoms with Crippen LogP contribution >= 0.6 is 0 Å². The van der Waals surface area contributed by atoms with Crippen LogP contribution < -0.4 is 5.32 Å². The van der Waals surface area contributed by atoms with Crippen molar-refractivity contribution in [1.82, 2.24) is 9.78 Å². The molecule has 0 bridgehead atoms. The van der Waals surface area contributed by atoms with E-state index in [1.807, 2.05) is 71.5 Å². The van der Waals surface area contributed by atoms with E-state index < -0.39 is 5.60 Å². The molecule has 1 amide bonds. The Bertz CT molecular complexity index is 810. The van der Waals surface area contributed by atoms with E-state index in [4.69, 9.17) is 0 Å². The molecule has 0 radical (unpaired) electrons. The summed E-state index contributed by atoms with van der Waals surface area (Å²) in [6.45, 7) is 2.33. The largest absolute Gasteiger partial charge is 0.385 e. The number of rotatable bonds is 6. The highest BCUT2D eigenvalue weighted by molar-refractivity contribution is 5.91. The maximum absolute atomic E-state index is 12.3. The molecule has 5 heteroatoms. The lowest BCUT2D eigenvalue weighted by Gasteiger charge is -2.23. The van der Waals surface area contributed by atoms with E-state index in [9.17, 15) is 9.90 Å². The molecule has 0 aliphatic heterocycles. The first-order valence-electron chi connectivity index (χ1n) is 8.17. The number of nitrogens with zero attached hydrogens (tertiary/aromatic N) is 2. The molecule has 1 heterocycles. The Hall–Kier alpha value is -2.92. The van der Waals surface area contributed by atoms with Crippen molar-refractivity contribution in [3.05, 3.63) is 84.2 Å². The van der Waals surface area contributed by atoms with E-state index in [-0.39, 0.29) is 12.3 Å². The van der Waals surface area contributed by atoms with Crippen molar-refractivity contribution in [3.8, 4) is 0 Å². The van der Waals surface area contributed by atoms with Crippen molar-refractivity contribution in [2.45, 2.75) is 25.5 Å². The van der Waals surface area contributed by atoms with Crippen LogP contribution in [0.1, 0.15) is 24.5 Å². The summed E-state index contributed by atoms with van der Waals surface area (Å²) in [5, 5.41) is 17.6. The van der Waals surface area contributed by atoms with Gasteiger partial charge < -0.3 is 10.4 Å². The van der Waals surface area contributed by atoms with Crippen LogP contribution in [-0.2, 0) is 16.9 Å². The van der Waals surface area contributed by atoms with E-state index in [1.165, 1.54) is 0 Å². The third kappa shape index (κ3) is 4.55. The van der Waals surface area contributed by atoms with Gasteiger partial charge in [0.15, 0.2) is 0 Å². The van der Waals surface area contributed by atoms with Crippen molar-refractivity contribution in [2.24, 2.45) is 0 Å². The first-order chi connectivity index (χ1) is 12.0. The fraction of sp³-hybridized carbons (Fsp3) is 0.200. The summed E-state index contributed by atoms with van der Waals surface area (Å²) in [5.41, 5.74) is 1.32. The Balaban J connectivity index is 1.59. The number of aromatic nitrogens is 2. The molecule has 2 N–H and O–H groups in total. The van der Waals surface area contributed by atoms with Crippen molar-refractivity contribution < 1.29 is 9.90 Å². The quantitative estimate of drug-likeness (QED) is 0.727. The number of aliphatic hydroxyl groups is 1. The Morgan fingerprint density at radius 1 is 1.12 bits per heavy atom. The molecule has 25 heavy (non-hydrogen) atoms. The van der Waals surface area contributed by atoms with Crippen molar-refractivity contribution >= 4 is 11.6 Å². The molecule has 1 aromatic heterocycles. The second-order valence-corrected chi connectivity index (χ2v) is 6.27. The van der Waals surface area contributed by atoms with Crippen molar-refractivity contribution in [2.75, 3.05) is 5.32 Å². The maximum atomic E-state index is 12.3. The zero-order valence-corrected chi connectivity index (χ0v) is 14.1. The molecule has 3 rings (SSSR count). The number of anilines is 1. The zero-order chi connectivity index (χ0) is 17.7. The Labute approximate surface area is 146 Å². The zero-order valence-electron chi connectivity index (χ0n) is 14.1. The normalized spacial score (nSPS) is 13.2. The van der Waals surface area contributed by atoms with Crippen molar-refractivity contribution in [3.63, 3.8) is 0 Å². The second kappa shape index (κ2) is 7.32. The molecule has 0 aliphatic carbocycles. The van der Waals surface area contributed by atoms with Gasteiger partial charge in [-0.25, -0.2) is 0 Å². The SMILES string of the molecule is CC(O)(CC(=O)Nc1ccc(Cn2cccn2)cc1)c1ccccc1. The fourth-order valence-electron chi connectivity index (χ4n) is 2.69. The van der Waals surface area contributed by atoms with Crippen LogP contribution in [-0.4, -0.2) is 20.8 Å². The number of hydrogen-bond acceptors (Lipinski definition) is 3. The predicted molar refractivity (Wildman–Crippen MR) is 97.0 cm³/mol. The molecule has 0 aliphatic rings. The van der Waals surface area contributed by atoms with Crippen molar-refractivity contribution in [1.29, 1.82) is 0 Å². The number of benzene rings is 2. The van der Waals surface area contributed by atoms with Gasteiger partial charge in [-0.15, -0.1) is 0 Å². The molecule has 5 nitrogen and oxygen atoms in total. The molecule has 0 spiro atoms. The van der Waals surface area contributed by atoms with Crippen LogP contribution in [0.25, 0.3) is 0 Å². The van der Waals surface area contributed by atoms with Crippen LogP contribution in [0.5, 0.6) is 0 Å². The molecule has 0 saturated carbocycles. The monoisotopic (exact) mass is 335 g/mol. The highest BCUT2D eigenvalue weighted by Crippen LogP contribution is 2.24. The third-order valence-corrected chi connectivity index (χ3v) is 4.04. The Morgan fingerprint density at radius 3 is 2.48 bits per heavy atom. The van der Waals surface area contributed by atoms with Gasteiger partial charge in [-0.1, -0.05) is 42.5 Å². The van der Waals surface area contributed by atoms with E-state index >= 15 is 0 Å². The summed E-state index contributed by atoms with van der Waals surface area (Å²) < 4.78 is 1.84. The first kappa shape index (κ1) is 16.9. The number of nitrogens with one attached hydrogen (secondary N) is 1. The smallest absolute Gasteiger partial charge is 0.227 e. The Morgan fingerprint density at radius 2 is 1.84 bits per heavy atom. The lowest BCUT2D eigenvalue weighted by molar-refractivity contribution is -0.120. The van der Waals surface area contributed by atoms with Gasteiger partial charge >= 0.3 is 0 Å². The van der Waals surface area contributed by atoms with E-state index in [0.29, 0.717) is 12.2 Å². The number of carbonyl (C=O) groups excluding carboxylic acids is 1. The summed E-state index contributed by atoms with van der Waals surface area (Å²) in [6, 6.07) is 18.7. The Kier molecular flexibility index (Phi) is 4.95. The average molecular weight is 335 g/mol. The van der Waals surface area contributed by atoms with Gasteiger partial charge in [0.05, 0.1) is 18.6 Å². The highest BCUT2D eigenvalue weighted by Gasteiger charge is 2.26. The molecule has 0 fully saturated rings. The van der Waals surface area contributed by atoms with Gasteiger partial charge in [-0.2, -0.15) is 5.10 Å². The van der Waals surface area contributed by atoms with Crippen LogP contribution in [0, 0.1) is 0 Å². The van der Waals surface area contributed by atoms with Gasteiger partial charge in [0, 0.05) is 18.1 Å². The minimum absolute atomic E-state index is 0.00788. The lowest BCUT2D eigenvalue weighted by Crippen LogP contribution is -2.28. The minimum Gasteiger partial charge on any atom is -0.385 e. The van der Waals surface area contributed by atoms with Gasteiger partial charge in [0.1, 0.15) is 0 Å². The van der Waals surface area contributed by atoms with Crippen LogP contribution in [0.4, 0.5) is 5.69 Å². The fourth-order valence-corrected chi connectivity index (χ4v) is 2.69. The molecule has 2 aromatic carbocycles. The van der Waals surface area contributed by atoms with Gasteiger partial charge in [-0.3, -0.25) is 9.48 Å².